The summed E-state index contributed by atoms with van der Waals surface area (Å²) >= 11 is 2.87. The van der Waals surface area contributed by atoms with Gasteiger partial charge in [0.1, 0.15) is 0 Å². The average Bonchev–Trinajstić information content (AvgIpc) is 2.59. The van der Waals surface area contributed by atoms with E-state index in [2.05, 4.69) is 59.0 Å². The molecular weight excluding hydrogens is 350 g/mol. The number of fused-ring (bicyclic) bond motifs is 3. The zero-order valence-corrected chi connectivity index (χ0v) is 11.1. The Balaban J connectivity index is 2.46. The third-order valence-electron chi connectivity index (χ3n) is 2.29. The molecule has 1 heterocycles. The van der Waals surface area contributed by atoms with E-state index in [1.165, 1.54) is 23.2 Å². The van der Waals surface area contributed by atoms with Crippen LogP contribution in [0, 0.1) is 6.08 Å². The van der Waals surface area contributed by atoms with E-state index in [1.807, 2.05) is 6.08 Å². The molecule has 0 spiro atoms. The number of halogens is 1. The van der Waals surface area contributed by atoms with Gasteiger partial charge in [-0.2, -0.15) is 0 Å². The second kappa shape index (κ2) is 3.32. The number of rotatable bonds is 0. The van der Waals surface area contributed by atoms with E-state index in [9.17, 15) is 0 Å². The molecule has 0 amide bonds. The number of hydrogen-bond donors (Lipinski definition) is 0. The quantitative estimate of drug-likeness (QED) is 0.385. The zero-order valence-electron chi connectivity index (χ0n) is 7.25. The zero-order chi connectivity index (χ0) is 9.54. The summed E-state index contributed by atoms with van der Waals surface area (Å²) in [6.07, 6.45) is 7.48. The van der Waals surface area contributed by atoms with Gasteiger partial charge < -0.3 is 0 Å². The van der Waals surface area contributed by atoms with Crippen LogP contribution in [-0.4, -0.2) is 14.5 Å². The van der Waals surface area contributed by atoms with Crippen molar-refractivity contribution in [2.75, 3.05) is 0 Å². The van der Waals surface area contributed by atoms with E-state index in [-0.39, 0.29) is 0 Å². The first-order valence-corrected chi connectivity index (χ1v) is 7.13. The minimum atomic E-state index is 0.486. The standard InChI is InChI=1S/C12H6ISe/c13-10-6-3-5-9-8-4-1-2-7-11(8)14-12(9)10/h1-5,7H/q+1. The van der Waals surface area contributed by atoms with Crippen molar-refractivity contribution in [3.63, 3.8) is 0 Å². The summed E-state index contributed by atoms with van der Waals surface area (Å²) in [5.74, 6) is 0. The first kappa shape index (κ1) is 8.87. The van der Waals surface area contributed by atoms with E-state index >= 15 is 0 Å². The van der Waals surface area contributed by atoms with Crippen LogP contribution in [-0.2, 0) is 0 Å². The van der Waals surface area contributed by atoms with Crippen LogP contribution in [0.25, 0.3) is 19.3 Å². The molecule has 0 atom stereocenters. The van der Waals surface area contributed by atoms with Crippen LogP contribution in [0.2, 0.25) is 0 Å². The summed E-state index contributed by atoms with van der Waals surface area (Å²) in [7, 11) is 0. The van der Waals surface area contributed by atoms with E-state index in [1.54, 1.807) is 0 Å². The molecule has 1 aliphatic rings. The predicted molar refractivity (Wildman–Crippen MR) is 70.6 cm³/mol. The molecule has 0 N–H and O–H groups in total. The first-order chi connectivity index (χ1) is 6.86. The van der Waals surface area contributed by atoms with Crippen LogP contribution < -0.4 is 0 Å². The monoisotopic (exact) mass is 357 g/mol. The van der Waals surface area contributed by atoms with Crippen molar-refractivity contribution in [3.8, 4) is 0 Å². The normalized spacial score (nSPS) is 13.6. The molecule has 1 aromatic carbocycles. The molecule has 0 radical (unpaired) electrons. The van der Waals surface area contributed by atoms with Crippen LogP contribution in [0.1, 0.15) is 10.0 Å². The van der Waals surface area contributed by atoms with E-state index in [0.29, 0.717) is 14.5 Å². The first-order valence-electron chi connectivity index (χ1n) is 4.34. The summed E-state index contributed by atoms with van der Waals surface area (Å²) in [6, 6.07) is 8.71. The summed E-state index contributed by atoms with van der Waals surface area (Å²) in [6.45, 7) is 0. The Morgan fingerprint density at radius 3 is 3.00 bits per heavy atom. The summed E-state index contributed by atoms with van der Waals surface area (Å²) in [5, 5.41) is 1.43. The molecule has 14 heavy (non-hydrogen) atoms. The summed E-state index contributed by atoms with van der Waals surface area (Å²) in [5.41, 5.74) is 1.42. The maximum absolute atomic E-state index is 3.27. The Kier molecular flexibility index (Phi) is 2.10. The van der Waals surface area contributed by atoms with Crippen molar-refractivity contribution in [2.45, 2.75) is 0 Å². The second-order valence-electron chi connectivity index (χ2n) is 3.13. The van der Waals surface area contributed by atoms with Gasteiger partial charge in [-0.05, 0) is 0 Å². The molecule has 0 aliphatic heterocycles. The number of benzene rings is 1. The van der Waals surface area contributed by atoms with Gasteiger partial charge in [-0.3, -0.25) is 0 Å². The van der Waals surface area contributed by atoms with Gasteiger partial charge in [0, 0.05) is 0 Å². The second-order valence-corrected chi connectivity index (χ2v) is 6.42. The Morgan fingerprint density at radius 1 is 1.21 bits per heavy atom. The average molecular weight is 356 g/mol. The Bertz CT molecular complexity index is 561. The van der Waals surface area contributed by atoms with E-state index in [4.69, 9.17) is 0 Å². The fraction of sp³-hybridized carbons (Fsp3) is 0. The van der Waals surface area contributed by atoms with Crippen molar-refractivity contribution in [1.29, 1.82) is 0 Å². The van der Waals surface area contributed by atoms with E-state index in [0.717, 1.165) is 0 Å². The molecule has 2 heteroatoms. The fourth-order valence-corrected chi connectivity index (χ4v) is 4.99. The van der Waals surface area contributed by atoms with Crippen molar-refractivity contribution < 1.29 is 0 Å². The molecule has 1 aliphatic carbocycles. The molecule has 2 aromatic rings. The Hall–Kier alpha value is -0.401. The maximum atomic E-state index is 3.27. The van der Waals surface area contributed by atoms with Crippen molar-refractivity contribution >= 4 is 56.4 Å². The van der Waals surface area contributed by atoms with Crippen molar-refractivity contribution in [2.24, 2.45) is 0 Å². The van der Waals surface area contributed by atoms with Crippen LogP contribution >= 0.6 is 22.6 Å². The molecule has 3 rings (SSSR count). The molecule has 66 valence electrons. The Labute approximate surface area is 102 Å². The van der Waals surface area contributed by atoms with E-state index < -0.39 is 0 Å². The van der Waals surface area contributed by atoms with Crippen molar-refractivity contribution in [1.82, 2.24) is 0 Å². The van der Waals surface area contributed by atoms with Crippen LogP contribution in [0.5, 0.6) is 0 Å². The third kappa shape index (κ3) is 1.23. The molecule has 0 fully saturated rings. The van der Waals surface area contributed by atoms with Gasteiger partial charge >= 0.3 is 103 Å². The van der Waals surface area contributed by atoms with Gasteiger partial charge in [-0.15, -0.1) is 0 Å². The number of hydrogen-bond acceptors (Lipinski definition) is 0. The van der Waals surface area contributed by atoms with Gasteiger partial charge in [0.05, 0.1) is 0 Å². The predicted octanol–water partition coefficient (Wildman–Crippen LogP) is 3.50. The molecule has 1 aromatic heterocycles. The molecule has 0 unspecified atom stereocenters. The topological polar surface area (TPSA) is 0 Å². The van der Waals surface area contributed by atoms with Gasteiger partial charge in [0.15, 0.2) is 0 Å². The molecule has 0 saturated carbocycles. The molecular formula is C12H6ISe+. The van der Waals surface area contributed by atoms with Gasteiger partial charge in [-0.1, -0.05) is 0 Å². The van der Waals surface area contributed by atoms with Crippen molar-refractivity contribution in [3.05, 3.63) is 46.4 Å². The number of allylic oxidation sites excluding steroid dienone is 2. The Morgan fingerprint density at radius 2 is 2.07 bits per heavy atom. The third-order valence-corrected chi connectivity index (χ3v) is 6.49. The van der Waals surface area contributed by atoms with Gasteiger partial charge in [-0.25, -0.2) is 0 Å². The van der Waals surface area contributed by atoms with Crippen LogP contribution in [0.3, 0.4) is 0 Å². The molecule has 0 saturated heterocycles. The molecule has 0 nitrogen and oxygen atoms in total. The van der Waals surface area contributed by atoms with Crippen LogP contribution in [0.4, 0.5) is 0 Å². The molecule has 0 bridgehead atoms. The summed E-state index contributed by atoms with van der Waals surface area (Å²) < 4.78 is 4.30. The van der Waals surface area contributed by atoms with Gasteiger partial charge in [0.25, 0.3) is 0 Å². The SMILES string of the molecule is IC1=[C+]C=Cc2c1[se]c1ccccc21. The van der Waals surface area contributed by atoms with Gasteiger partial charge in [0.2, 0.25) is 0 Å². The summed E-state index contributed by atoms with van der Waals surface area (Å²) in [4.78, 5) is 0. The minimum absolute atomic E-state index is 0.486. The fourth-order valence-electron chi connectivity index (χ4n) is 1.66. The van der Waals surface area contributed by atoms with Crippen LogP contribution in [0.15, 0.2) is 30.3 Å².